The Hall–Kier alpha value is -3.06. The van der Waals surface area contributed by atoms with E-state index in [0.717, 1.165) is 5.56 Å². The predicted octanol–water partition coefficient (Wildman–Crippen LogP) is 4.37. The summed E-state index contributed by atoms with van der Waals surface area (Å²) in [6.07, 6.45) is 1.42. The lowest BCUT2D eigenvalue weighted by Crippen LogP contribution is -2.11. The highest BCUT2D eigenvalue weighted by Gasteiger charge is 2.11. The van der Waals surface area contributed by atoms with Crippen LogP contribution in [0.5, 0.6) is 11.5 Å². The van der Waals surface area contributed by atoms with Crippen LogP contribution in [-0.2, 0) is 11.2 Å². The Balaban J connectivity index is 1.50. The first-order valence-corrected chi connectivity index (χ1v) is 9.07. The van der Waals surface area contributed by atoms with Gasteiger partial charge in [0.05, 0.1) is 14.2 Å². The summed E-state index contributed by atoms with van der Waals surface area (Å²) in [5, 5.41) is 7.44. The molecule has 0 saturated carbocycles. The summed E-state index contributed by atoms with van der Waals surface area (Å²) in [5.41, 5.74) is 1.47. The zero-order chi connectivity index (χ0) is 19.9. The summed E-state index contributed by atoms with van der Waals surface area (Å²) in [6, 6.07) is 12.4. The van der Waals surface area contributed by atoms with E-state index in [9.17, 15) is 4.79 Å². The van der Waals surface area contributed by atoms with Crippen molar-refractivity contribution in [1.82, 2.24) is 10.1 Å². The van der Waals surface area contributed by atoms with E-state index in [1.165, 1.54) is 0 Å². The van der Waals surface area contributed by atoms with Gasteiger partial charge in [-0.1, -0.05) is 16.8 Å². The maximum absolute atomic E-state index is 12.2. The van der Waals surface area contributed by atoms with Crippen LogP contribution in [0.25, 0.3) is 11.4 Å². The average molecular weight is 402 g/mol. The Labute approximate surface area is 167 Å². The van der Waals surface area contributed by atoms with Gasteiger partial charge in [-0.05, 0) is 42.8 Å². The first-order valence-electron chi connectivity index (χ1n) is 8.69. The number of rotatable bonds is 8. The molecule has 0 unspecified atom stereocenters. The monoisotopic (exact) mass is 401 g/mol. The average Bonchev–Trinajstić information content (AvgIpc) is 3.17. The molecule has 8 heteroatoms. The van der Waals surface area contributed by atoms with Crippen LogP contribution in [-0.4, -0.2) is 30.3 Å². The first-order chi connectivity index (χ1) is 13.6. The molecule has 1 N–H and O–H groups in total. The molecule has 0 atom stereocenters. The molecule has 1 aromatic heterocycles. The van der Waals surface area contributed by atoms with E-state index in [-0.39, 0.29) is 5.91 Å². The van der Waals surface area contributed by atoms with Gasteiger partial charge in [-0.25, -0.2) is 0 Å². The molecule has 3 rings (SSSR count). The number of nitrogens with one attached hydrogen (secondary N) is 1. The van der Waals surface area contributed by atoms with Crippen LogP contribution in [0.1, 0.15) is 18.7 Å². The van der Waals surface area contributed by atoms with Crippen molar-refractivity contribution < 1.29 is 18.8 Å². The molecule has 0 spiro atoms. The molecule has 0 aliphatic rings. The molecule has 7 nitrogen and oxygen atoms in total. The SMILES string of the molecule is COc1ccc(NC(=O)CCCc2nc(-c3ccc(Cl)cc3)no2)cc1OC. The van der Waals surface area contributed by atoms with Gasteiger partial charge in [-0.2, -0.15) is 4.98 Å². The zero-order valence-corrected chi connectivity index (χ0v) is 16.3. The lowest BCUT2D eigenvalue weighted by molar-refractivity contribution is -0.116. The van der Waals surface area contributed by atoms with Crippen LogP contribution in [0, 0.1) is 0 Å². The summed E-state index contributed by atoms with van der Waals surface area (Å²) >= 11 is 5.88. The molecule has 0 fully saturated rings. The van der Waals surface area contributed by atoms with Gasteiger partial charge in [0.25, 0.3) is 0 Å². The molecule has 0 saturated heterocycles. The van der Waals surface area contributed by atoms with E-state index in [2.05, 4.69) is 15.5 Å². The van der Waals surface area contributed by atoms with Crippen LogP contribution in [0.3, 0.4) is 0 Å². The van der Waals surface area contributed by atoms with E-state index in [0.29, 0.717) is 53.2 Å². The lowest BCUT2D eigenvalue weighted by Gasteiger charge is -2.10. The van der Waals surface area contributed by atoms with Gasteiger partial charge in [-0.3, -0.25) is 4.79 Å². The number of carbonyl (C=O) groups excluding carboxylic acids is 1. The molecule has 0 radical (unpaired) electrons. The first kappa shape index (κ1) is 19.7. The van der Waals surface area contributed by atoms with Gasteiger partial charge in [0.15, 0.2) is 11.5 Å². The molecule has 0 aliphatic carbocycles. The third kappa shape index (κ3) is 5.01. The fourth-order valence-corrected chi connectivity index (χ4v) is 2.74. The number of aryl methyl sites for hydroxylation is 1. The van der Waals surface area contributed by atoms with E-state index in [4.69, 9.17) is 25.6 Å². The van der Waals surface area contributed by atoms with E-state index < -0.39 is 0 Å². The minimum Gasteiger partial charge on any atom is -0.493 e. The Kier molecular flexibility index (Phi) is 6.49. The van der Waals surface area contributed by atoms with Crippen molar-refractivity contribution in [1.29, 1.82) is 0 Å². The molecular weight excluding hydrogens is 382 g/mol. The van der Waals surface area contributed by atoms with Crippen molar-refractivity contribution in [2.24, 2.45) is 0 Å². The molecule has 3 aromatic rings. The second-order valence-electron chi connectivity index (χ2n) is 5.99. The highest BCUT2D eigenvalue weighted by Crippen LogP contribution is 2.29. The number of carbonyl (C=O) groups is 1. The quantitative estimate of drug-likeness (QED) is 0.603. The normalized spacial score (nSPS) is 10.5. The van der Waals surface area contributed by atoms with Crippen LogP contribution < -0.4 is 14.8 Å². The molecule has 1 heterocycles. The topological polar surface area (TPSA) is 86.5 Å². The highest BCUT2D eigenvalue weighted by atomic mass is 35.5. The van der Waals surface area contributed by atoms with Crippen LogP contribution in [0.15, 0.2) is 47.0 Å². The molecule has 0 aliphatic heterocycles. The van der Waals surface area contributed by atoms with Gasteiger partial charge in [0.2, 0.25) is 17.6 Å². The van der Waals surface area contributed by atoms with Crippen LogP contribution in [0.4, 0.5) is 5.69 Å². The summed E-state index contributed by atoms with van der Waals surface area (Å²) < 4.78 is 15.7. The lowest BCUT2D eigenvalue weighted by atomic mass is 10.2. The fourth-order valence-electron chi connectivity index (χ4n) is 2.61. The van der Waals surface area contributed by atoms with Gasteiger partial charge in [0.1, 0.15) is 0 Å². The molecule has 2 aromatic carbocycles. The van der Waals surface area contributed by atoms with Crippen LogP contribution in [0.2, 0.25) is 5.02 Å². The third-order valence-electron chi connectivity index (χ3n) is 4.03. The Morgan fingerprint density at radius 2 is 1.86 bits per heavy atom. The van der Waals surface area contributed by atoms with Crippen molar-refractivity contribution >= 4 is 23.2 Å². The highest BCUT2D eigenvalue weighted by molar-refractivity contribution is 6.30. The number of aromatic nitrogens is 2. The predicted molar refractivity (Wildman–Crippen MR) is 106 cm³/mol. The minimum absolute atomic E-state index is 0.107. The van der Waals surface area contributed by atoms with E-state index >= 15 is 0 Å². The molecular formula is C20H20ClN3O4. The number of methoxy groups -OCH3 is 2. The summed E-state index contributed by atoms with van der Waals surface area (Å²) in [4.78, 5) is 16.5. The second-order valence-corrected chi connectivity index (χ2v) is 6.43. The van der Waals surface area contributed by atoms with Crippen molar-refractivity contribution in [3.8, 4) is 22.9 Å². The summed E-state index contributed by atoms with van der Waals surface area (Å²) in [5.74, 6) is 2.05. The number of anilines is 1. The molecule has 0 bridgehead atoms. The van der Waals surface area contributed by atoms with Crippen molar-refractivity contribution in [3.63, 3.8) is 0 Å². The van der Waals surface area contributed by atoms with Gasteiger partial charge < -0.3 is 19.3 Å². The van der Waals surface area contributed by atoms with Crippen molar-refractivity contribution in [2.75, 3.05) is 19.5 Å². The number of nitrogens with zero attached hydrogens (tertiary/aromatic N) is 2. The van der Waals surface area contributed by atoms with Crippen LogP contribution >= 0.6 is 11.6 Å². The number of amides is 1. The number of hydrogen-bond donors (Lipinski definition) is 1. The number of hydrogen-bond acceptors (Lipinski definition) is 6. The Morgan fingerprint density at radius 3 is 2.57 bits per heavy atom. The molecule has 28 heavy (non-hydrogen) atoms. The van der Waals surface area contributed by atoms with Crippen molar-refractivity contribution in [3.05, 3.63) is 53.4 Å². The minimum atomic E-state index is -0.107. The van der Waals surface area contributed by atoms with Gasteiger partial charge in [-0.15, -0.1) is 0 Å². The van der Waals surface area contributed by atoms with Gasteiger partial charge in [0, 0.05) is 35.2 Å². The van der Waals surface area contributed by atoms with E-state index in [1.807, 2.05) is 12.1 Å². The maximum Gasteiger partial charge on any atom is 0.226 e. The fraction of sp³-hybridized carbons (Fsp3) is 0.250. The summed E-state index contributed by atoms with van der Waals surface area (Å²) in [6.45, 7) is 0. The molecule has 1 amide bonds. The number of halogens is 1. The zero-order valence-electron chi connectivity index (χ0n) is 15.6. The second kappa shape index (κ2) is 9.23. The third-order valence-corrected chi connectivity index (χ3v) is 4.28. The van der Waals surface area contributed by atoms with E-state index in [1.54, 1.807) is 44.6 Å². The number of ether oxygens (including phenoxy) is 2. The maximum atomic E-state index is 12.2. The Morgan fingerprint density at radius 1 is 1.11 bits per heavy atom. The molecule has 146 valence electrons. The standard InChI is InChI=1S/C20H20ClN3O4/c1-26-16-11-10-15(12-17(16)27-2)22-18(25)4-3-5-19-23-20(24-28-19)13-6-8-14(21)9-7-13/h6-12H,3-5H2,1-2H3,(H,22,25). The summed E-state index contributed by atoms with van der Waals surface area (Å²) in [7, 11) is 3.11. The Bertz CT molecular complexity index is 941. The van der Waals surface area contributed by atoms with Gasteiger partial charge >= 0.3 is 0 Å². The largest absolute Gasteiger partial charge is 0.493 e. The van der Waals surface area contributed by atoms with Crippen molar-refractivity contribution in [2.45, 2.75) is 19.3 Å². The number of benzene rings is 2. The smallest absolute Gasteiger partial charge is 0.226 e.